The Balaban J connectivity index is 1.97. The van der Waals surface area contributed by atoms with Crippen molar-refractivity contribution in [1.29, 1.82) is 0 Å². The fraction of sp³-hybridized carbons (Fsp3) is 0.500. The highest BCUT2D eigenvalue weighted by atomic mass is 19.4. The molecule has 0 aliphatic heterocycles. The molecule has 1 fully saturated rings. The molecule has 3 nitrogen and oxygen atoms in total. The van der Waals surface area contributed by atoms with Gasteiger partial charge in [-0.1, -0.05) is 18.2 Å². The van der Waals surface area contributed by atoms with Gasteiger partial charge >= 0.3 is 6.18 Å². The van der Waals surface area contributed by atoms with Crippen LogP contribution in [0.1, 0.15) is 30.4 Å². The van der Waals surface area contributed by atoms with Gasteiger partial charge in [-0.25, -0.2) is 0 Å². The lowest BCUT2D eigenvalue weighted by Crippen LogP contribution is -2.48. The van der Waals surface area contributed by atoms with Crippen LogP contribution in [0.25, 0.3) is 0 Å². The highest BCUT2D eigenvalue weighted by Crippen LogP contribution is 2.32. The third-order valence-electron chi connectivity index (χ3n) is 3.57. The number of carbonyl (C=O) groups is 1. The Morgan fingerprint density at radius 3 is 2.50 bits per heavy atom. The number of carbonyl (C=O) groups excluding carboxylic acids is 1. The zero-order valence-corrected chi connectivity index (χ0v) is 10.8. The maximum absolute atomic E-state index is 12.8. The van der Waals surface area contributed by atoms with Crippen molar-refractivity contribution in [2.75, 3.05) is 6.54 Å². The number of rotatable bonds is 4. The minimum atomic E-state index is -4.47. The van der Waals surface area contributed by atoms with Gasteiger partial charge in [-0.15, -0.1) is 0 Å². The molecule has 0 atom stereocenters. The smallest absolute Gasteiger partial charge is 0.388 e. The summed E-state index contributed by atoms with van der Waals surface area (Å²) in [6.45, 7) is 0.0972. The molecule has 2 N–H and O–H groups in total. The van der Waals surface area contributed by atoms with Gasteiger partial charge in [0, 0.05) is 6.54 Å². The van der Waals surface area contributed by atoms with E-state index in [1.165, 1.54) is 18.2 Å². The van der Waals surface area contributed by atoms with Gasteiger partial charge in [-0.05, 0) is 30.9 Å². The fourth-order valence-electron chi connectivity index (χ4n) is 2.21. The van der Waals surface area contributed by atoms with Crippen LogP contribution < -0.4 is 5.32 Å². The minimum Gasteiger partial charge on any atom is -0.388 e. The molecule has 1 aromatic rings. The molecule has 0 saturated heterocycles. The van der Waals surface area contributed by atoms with E-state index in [0.29, 0.717) is 12.8 Å². The summed E-state index contributed by atoms with van der Waals surface area (Å²) in [5.74, 6) is -0.512. The van der Waals surface area contributed by atoms with Crippen LogP contribution in [0.3, 0.4) is 0 Å². The van der Waals surface area contributed by atoms with E-state index in [0.717, 1.165) is 12.5 Å². The summed E-state index contributed by atoms with van der Waals surface area (Å²) in [6.07, 6.45) is -2.67. The van der Waals surface area contributed by atoms with Gasteiger partial charge in [0.2, 0.25) is 5.91 Å². The number of hydrogen-bond donors (Lipinski definition) is 2. The van der Waals surface area contributed by atoms with Gasteiger partial charge in [0.15, 0.2) is 0 Å². The maximum Gasteiger partial charge on any atom is 0.416 e. The van der Waals surface area contributed by atoms with Crippen LogP contribution in [0.5, 0.6) is 0 Å². The van der Waals surface area contributed by atoms with Crippen molar-refractivity contribution < 1.29 is 23.1 Å². The van der Waals surface area contributed by atoms with Crippen molar-refractivity contribution in [3.05, 3.63) is 35.4 Å². The molecule has 0 aromatic heterocycles. The van der Waals surface area contributed by atoms with Crippen molar-refractivity contribution in [2.24, 2.45) is 0 Å². The van der Waals surface area contributed by atoms with Crippen molar-refractivity contribution in [3.63, 3.8) is 0 Å². The second kappa shape index (κ2) is 5.44. The van der Waals surface area contributed by atoms with E-state index in [4.69, 9.17) is 0 Å². The van der Waals surface area contributed by atoms with E-state index in [-0.39, 0.29) is 18.5 Å². The number of amides is 1. The number of hydrogen-bond acceptors (Lipinski definition) is 2. The topological polar surface area (TPSA) is 49.3 Å². The number of nitrogens with one attached hydrogen (secondary N) is 1. The van der Waals surface area contributed by atoms with Gasteiger partial charge in [0.1, 0.15) is 0 Å². The van der Waals surface area contributed by atoms with Crippen molar-refractivity contribution >= 4 is 5.91 Å². The summed E-state index contributed by atoms with van der Waals surface area (Å²) in [6, 6.07) is 5.02. The Labute approximate surface area is 114 Å². The molecule has 0 radical (unpaired) electrons. The molecule has 1 amide bonds. The molecule has 1 saturated carbocycles. The molecule has 6 heteroatoms. The highest BCUT2D eigenvalue weighted by Gasteiger charge is 2.35. The van der Waals surface area contributed by atoms with Gasteiger partial charge in [0.25, 0.3) is 0 Å². The van der Waals surface area contributed by atoms with Crippen molar-refractivity contribution in [3.8, 4) is 0 Å². The maximum atomic E-state index is 12.8. The lowest BCUT2D eigenvalue weighted by molar-refractivity contribution is -0.138. The van der Waals surface area contributed by atoms with E-state index < -0.39 is 23.2 Å². The molecule has 20 heavy (non-hydrogen) atoms. The van der Waals surface area contributed by atoms with Gasteiger partial charge in [-0.2, -0.15) is 13.2 Å². The normalized spacial score (nSPS) is 17.4. The van der Waals surface area contributed by atoms with E-state index in [1.54, 1.807) is 0 Å². The summed E-state index contributed by atoms with van der Waals surface area (Å²) in [5, 5.41) is 12.3. The van der Waals surface area contributed by atoms with Gasteiger partial charge in [-0.3, -0.25) is 4.79 Å². The summed E-state index contributed by atoms with van der Waals surface area (Å²) >= 11 is 0. The summed E-state index contributed by atoms with van der Waals surface area (Å²) in [7, 11) is 0. The van der Waals surface area contributed by atoms with Crippen molar-refractivity contribution in [1.82, 2.24) is 5.32 Å². The third kappa shape index (κ3) is 3.50. The Kier molecular flexibility index (Phi) is 4.04. The monoisotopic (exact) mass is 287 g/mol. The van der Waals surface area contributed by atoms with E-state index >= 15 is 0 Å². The lowest BCUT2D eigenvalue weighted by atomic mass is 9.80. The Bertz CT molecular complexity index is 495. The first kappa shape index (κ1) is 14.8. The largest absolute Gasteiger partial charge is 0.416 e. The summed E-state index contributed by atoms with van der Waals surface area (Å²) in [5.41, 5.74) is -1.73. The number of alkyl halides is 3. The zero-order chi connectivity index (χ0) is 14.8. The standard InChI is InChI=1S/C14H16F3NO2/c15-14(16,17)11-5-2-1-4-10(11)8-12(19)18-9-13(20)6-3-7-13/h1-2,4-5,20H,3,6-9H2,(H,18,19). The first-order valence-corrected chi connectivity index (χ1v) is 6.44. The van der Waals surface area contributed by atoms with Gasteiger partial charge in [0.05, 0.1) is 17.6 Å². The highest BCUT2D eigenvalue weighted by molar-refractivity contribution is 5.79. The molecule has 1 aliphatic rings. The van der Waals surface area contributed by atoms with E-state index in [1.807, 2.05) is 0 Å². The van der Waals surface area contributed by atoms with Crippen molar-refractivity contribution in [2.45, 2.75) is 37.5 Å². The van der Waals surface area contributed by atoms with Gasteiger partial charge < -0.3 is 10.4 Å². The SMILES string of the molecule is O=C(Cc1ccccc1C(F)(F)F)NCC1(O)CCC1. The molecule has 0 spiro atoms. The molecule has 0 heterocycles. The van der Waals surface area contributed by atoms with E-state index in [2.05, 4.69) is 5.32 Å². The molecular formula is C14H16F3NO2. The van der Waals surface area contributed by atoms with E-state index in [9.17, 15) is 23.1 Å². The predicted octanol–water partition coefficient (Wildman–Crippen LogP) is 2.28. The summed E-state index contributed by atoms with van der Waals surface area (Å²) < 4.78 is 38.3. The average Bonchev–Trinajstić information content (AvgIpc) is 2.33. The average molecular weight is 287 g/mol. The molecule has 1 aromatic carbocycles. The number of halogens is 3. The third-order valence-corrected chi connectivity index (χ3v) is 3.57. The minimum absolute atomic E-state index is 0.0573. The van der Waals surface area contributed by atoms with Crippen LogP contribution >= 0.6 is 0 Å². The molecular weight excluding hydrogens is 271 g/mol. The Morgan fingerprint density at radius 2 is 1.95 bits per heavy atom. The molecule has 110 valence electrons. The molecule has 0 unspecified atom stereocenters. The first-order valence-electron chi connectivity index (χ1n) is 6.44. The van der Waals surface area contributed by atoms with Crippen LogP contribution in [0.2, 0.25) is 0 Å². The quantitative estimate of drug-likeness (QED) is 0.892. The second-order valence-corrected chi connectivity index (χ2v) is 5.19. The molecule has 2 rings (SSSR count). The van der Waals surface area contributed by atoms with Crippen LogP contribution in [0.15, 0.2) is 24.3 Å². The summed E-state index contributed by atoms with van der Waals surface area (Å²) in [4.78, 5) is 11.7. The molecule has 0 bridgehead atoms. The van der Waals surface area contributed by atoms with Crippen LogP contribution in [0, 0.1) is 0 Å². The fourth-order valence-corrected chi connectivity index (χ4v) is 2.21. The zero-order valence-electron chi connectivity index (χ0n) is 10.8. The Morgan fingerprint density at radius 1 is 1.30 bits per heavy atom. The Hall–Kier alpha value is -1.56. The van der Waals surface area contributed by atoms with Crippen LogP contribution in [0.4, 0.5) is 13.2 Å². The number of aliphatic hydroxyl groups is 1. The second-order valence-electron chi connectivity index (χ2n) is 5.19. The predicted molar refractivity (Wildman–Crippen MR) is 67.0 cm³/mol. The van der Waals surface area contributed by atoms with Crippen LogP contribution in [-0.2, 0) is 17.4 Å². The number of benzene rings is 1. The first-order chi connectivity index (χ1) is 9.30. The molecule has 1 aliphatic carbocycles. The van der Waals surface area contributed by atoms with Crippen LogP contribution in [-0.4, -0.2) is 23.2 Å². The lowest BCUT2D eigenvalue weighted by Gasteiger charge is -2.36.